The Kier molecular flexibility index (Phi) is 49.0. The van der Waals surface area contributed by atoms with Crippen LogP contribution < -0.4 is 26.8 Å². The minimum Gasteiger partial charge on any atom is -0.508 e. The molecule has 1 aromatic heterocycles. The van der Waals surface area contributed by atoms with Gasteiger partial charge in [-0.3, -0.25) is 24.4 Å². The molecule has 0 radical (unpaired) electrons. The lowest BCUT2D eigenvalue weighted by molar-refractivity contribution is -0.308. The van der Waals surface area contributed by atoms with Crippen LogP contribution in [0, 0.1) is 23.7 Å². The second-order valence-corrected chi connectivity index (χ2v) is 40.7. The summed E-state index contributed by atoms with van der Waals surface area (Å²) >= 11 is 12.3. The average Bonchev–Trinajstić information content (AvgIpc) is 1.20. The number of aliphatic hydroxyl groups is 10. The number of amidine groups is 1. The number of halogens is 2. The van der Waals surface area contributed by atoms with E-state index < -0.39 is 147 Å². The van der Waals surface area contributed by atoms with Gasteiger partial charge in [-0.25, -0.2) is 4.99 Å². The number of aromatic nitrogens is 1. The first-order chi connectivity index (χ1) is 69.1. The van der Waals surface area contributed by atoms with Crippen LogP contribution in [0.5, 0.6) is 17.2 Å². The van der Waals surface area contributed by atoms with Crippen LogP contribution in [0.3, 0.4) is 0 Å². The number of hydrogen-bond acceptors (Lipinski definition) is 28. The fraction of sp³-hybridized carbons (Fsp3) is 0.509. The number of pyridine rings is 1. The number of carboxylic acids is 1. The number of piperazine rings is 1. The zero-order chi connectivity index (χ0) is 106. The molecule has 4 fully saturated rings. The molecule has 18 N–H and O–H groups in total. The second-order valence-electron chi connectivity index (χ2n) is 39.8. The number of esters is 1. The molecule has 0 spiro atoms. The molecule has 23 atom stereocenters. The summed E-state index contributed by atoms with van der Waals surface area (Å²) in [5, 5.41) is 137. The number of phenols is 1. The summed E-state index contributed by atoms with van der Waals surface area (Å²) in [6, 6.07) is 45.5. The third kappa shape index (κ3) is 38.9. The number of rotatable bonds is 17. The summed E-state index contributed by atoms with van der Waals surface area (Å²) in [5.74, 6) is -3.32. The van der Waals surface area contributed by atoms with E-state index >= 15 is 0 Å². The number of aliphatic imine (C=N–C) groups is 1. The number of aliphatic carboxylic acids is 1. The number of phenolic OH excluding ortho intramolecular Hbond substituents is 1. The molecule has 13 rings (SSSR count). The summed E-state index contributed by atoms with van der Waals surface area (Å²) in [7, 11) is 0. The number of morpholine rings is 1. The average molecular weight is 2050 g/mol. The lowest BCUT2D eigenvalue weighted by Gasteiger charge is -2.45. The highest BCUT2D eigenvalue weighted by Crippen LogP contribution is 2.42. The number of carbonyl (C=O) groups excluding carboxylic acids is 1. The van der Waals surface area contributed by atoms with Crippen molar-refractivity contribution in [3.05, 3.63) is 269 Å². The van der Waals surface area contributed by atoms with E-state index in [1.54, 1.807) is 92.9 Å². The van der Waals surface area contributed by atoms with E-state index in [1.165, 1.54) is 42.7 Å². The summed E-state index contributed by atoms with van der Waals surface area (Å²) in [5.41, 5.74) is 21.6. The van der Waals surface area contributed by atoms with E-state index in [4.69, 9.17) is 68.1 Å². The van der Waals surface area contributed by atoms with Crippen molar-refractivity contribution in [1.29, 1.82) is 0 Å². The van der Waals surface area contributed by atoms with Gasteiger partial charge >= 0.3 is 11.9 Å². The normalized spacial score (nSPS) is 29.7. The molecule has 2 unspecified atom stereocenters. The van der Waals surface area contributed by atoms with Gasteiger partial charge in [0.05, 0.1) is 103 Å². The van der Waals surface area contributed by atoms with Gasteiger partial charge in [0.25, 0.3) is 0 Å². The quantitative estimate of drug-likeness (QED) is 0.0297. The molecule has 0 aliphatic carbocycles. The maximum absolute atomic E-state index is 12.6. The van der Waals surface area contributed by atoms with Gasteiger partial charge in [-0.15, -0.1) is 0 Å². The van der Waals surface area contributed by atoms with Crippen molar-refractivity contribution in [2.24, 2.45) is 40.1 Å². The Morgan fingerprint density at radius 2 is 1.28 bits per heavy atom. The molecule has 7 aromatic rings. The predicted octanol–water partition coefficient (Wildman–Crippen LogP) is 15.6. The molecule has 6 aliphatic rings. The van der Waals surface area contributed by atoms with E-state index in [0.717, 1.165) is 128 Å². The van der Waals surface area contributed by atoms with Crippen molar-refractivity contribution in [3.8, 4) is 17.2 Å². The molecular formula is C114H159Cl2N9O20. The third-order valence-electron chi connectivity index (χ3n) is 27.0. The van der Waals surface area contributed by atoms with Gasteiger partial charge in [0.15, 0.2) is 17.8 Å². The van der Waals surface area contributed by atoms with Crippen molar-refractivity contribution in [2.45, 2.75) is 288 Å². The van der Waals surface area contributed by atoms with Crippen LogP contribution >= 0.6 is 23.2 Å². The Labute approximate surface area is 866 Å². The van der Waals surface area contributed by atoms with Crippen molar-refractivity contribution >= 4 is 68.9 Å². The van der Waals surface area contributed by atoms with E-state index in [2.05, 4.69) is 122 Å². The second kappa shape index (κ2) is 59.7. The summed E-state index contributed by atoms with van der Waals surface area (Å²) in [6.07, 6.45) is 9.26. The van der Waals surface area contributed by atoms with Crippen molar-refractivity contribution in [3.63, 3.8) is 0 Å². The fourth-order valence-electron chi connectivity index (χ4n) is 18.3. The molecule has 4 saturated heterocycles. The number of nitrogens with zero attached hydrogens (tertiary/aromatic N) is 5. The highest BCUT2D eigenvalue weighted by atomic mass is 35.5. The number of hydrogen-bond donors (Lipinski definition) is 16. The number of nitrogens with two attached hydrogens (primary N) is 2. The molecule has 794 valence electrons. The number of fused-ring (bicyclic) bond motifs is 5. The van der Waals surface area contributed by atoms with Crippen LogP contribution in [-0.2, 0) is 58.1 Å². The smallest absolute Gasteiger partial charge is 0.311 e. The summed E-state index contributed by atoms with van der Waals surface area (Å²) < 4.78 is 35.0. The summed E-state index contributed by atoms with van der Waals surface area (Å²) in [4.78, 5) is 41.4. The number of carbonyl (C=O) groups is 2. The van der Waals surface area contributed by atoms with E-state index in [1.807, 2.05) is 123 Å². The van der Waals surface area contributed by atoms with Crippen LogP contribution in [0.2, 0.25) is 10.0 Å². The first-order valence-electron chi connectivity index (χ1n) is 51.1. The lowest BCUT2D eigenvalue weighted by atomic mass is 9.82. The van der Waals surface area contributed by atoms with Gasteiger partial charge in [-0.1, -0.05) is 230 Å². The van der Waals surface area contributed by atoms with Crippen molar-refractivity contribution in [1.82, 2.24) is 25.0 Å². The van der Waals surface area contributed by atoms with Crippen molar-refractivity contribution < 1.29 is 99.3 Å². The molecule has 29 nitrogen and oxygen atoms in total. The molecule has 6 aliphatic heterocycles. The topological polar surface area (TPSA) is 443 Å². The fourth-order valence-corrected chi connectivity index (χ4v) is 18.6. The molecule has 2 bridgehead atoms. The maximum atomic E-state index is 12.6. The monoisotopic (exact) mass is 2040 g/mol. The van der Waals surface area contributed by atoms with Gasteiger partial charge in [0, 0.05) is 134 Å². The minimum atomic E-state index is -2.33. The standard InChI is InChI=1S/C47H73NO17.C21H35NO.C20H22ClN3O.C17H16ClN3O.C9H13N/c1-27-17-15-13-11-9-7-5-6-8-10-12-14-16-18-34(64-46-44(58)41(48)43(57)30(4)63-46)24-38-40(45(59)60)37(54)26-47(61,65-38)25-33(51)22-36(53)35(52)20-19-31(49)21-32(50)23-39(55)62-29(3)28(2)42(27)56;1-7-21(5,6)20-10-8-19(9-11-20)12-16(2)13-22-14-17(3)23-18(4)15-22;1-3-24(4-2)13-14-11-16(6-8-20(14)25)23-18-9-10-22-19-12-15(21)5-7-17(18)19;18-12-5-6-15-13(11-12)17(21-9-7-19-8-10-21)20-14-3-1-2-4-16(14)22-15;1-8(10)7-9-5-3-2-4-6-9/h5-18,27-38,40-44,46,49-54,56-58,61H,19-26,48H2,1-4H3,(H,59,60);8-11,16-18H,7,12-15H2,1-6H3;5-12,25H,3-4,13H2,1-2H3,(H,22,23);1-6,11,19H,7-10H2;2-6,8H,7,10H2,1H3/b6-5-,9-7-,10-8-,13-11-,14-12-,17-15-,18-16-;;;;/t27-,28-,29-,30+,31+,32+,33-,34-,35+,36+,37-,38-,40+,41-,42+,43+,44-,46-,47+;16?,17-,18+;;;/m0..../s1. The van der Waals surface area contributed by atoms with Crippen LogP contribution in [0.1, 0.15) is 176 Å². The van der Waals surface area contributed by atoms with Crippen molar-refractivity contribution in [2.75, 3.05) is 64.2 Å². The van der Waals surface area contributed by atoms with E-state index in [9.17, 15) is 70.9 Å². The van der Waals surface area contributed by atoms with Crippen LogP contribution in [-0.4, -0.2) is 273 Å². The first kappa shape index (κ1) is 119. The molecule has 0 saturated carbocycles. The van der Waals surface area contributed by atoms with Gasteiger partial charge in [-0.2, -0.15) is 0 Å². The Morgan fingerprint density at radius 3 is 1.92 bits per heavy atom. The van der Waals surface area contributed by atoms with Crippen LogP contribution in [0.15, 0.2) is 236 Å². The van der Waals surface area contributed by atoms with Gasteiger partial charge in [0.2, 0.25) is 0 Å². The first-order valence-corrected chi connectivity index (χ1v) is 51.8. The highest BCUT2D eigenvalue weighted by Gasteiger charge is 2.51. The Morgan fingerprint density at radius 1 is 0.655 bits per heavy atom. The molecule has 7 heterocycles. The number of carboxylic acid groups (broad SMARTS) is 1. The third-order valence-corrected chi connectivity index (χ3v) is 27.4. The van der Waals surface area contributed by atoms with E-state index in [-0.39, 0.29) is 43.1 Å². The SMILES string of the molecule is CC(N)Cc1ccccc1.CCC(C)(C)c1ccc(CC(C)CN2C[C@@H](C)O[C@@H](C)C2)cc1.CCN(CC)Cc1cc(Nc2ccnc3cc(Cl)ccc23)ccc1O.C[C@@H]1[C@H](O)[C@@H](C)\C=C/C=C\C=C/C=C\C=C/C=C\C=C/[C@H](O[C@@H]2O[C@H](C)[C@@H](O)[C@H](N)[C@@H]2O)C[C@@H]2O[C@](O)(C[C@@H](O)C[C@@H](O)[C@H](O)CC[C@@H](O)C[C@@H](O)CC(=O)O[C@H]1C)C[C@H](O)[C@H]2C(=O)O.Clc1ccc2c(c1)C(N1CCNCC1)=Nc1ccccc1O2. The van der Waals surface area contributed by atoms with Crippen LogP contribution in [0.4, 0.5) is 17.1 Å². The van der Waals surface area contributed by atoms with E-state index in [0.29, 0.717) is 33.9 Å². The Bertz CT molecular complexity index is 5340. The molecule has 0 amide bonds. The number of anilines is 2. The van der Waals surface area contributed by atoms with Gasteiger partial charge < -0.3 is 117 Å². The minimum absolute atomic E-state index is 0.107. The number of cyclic esters (lactones) is 1. The van der Waals surface area contributed by atoms with Crippen LogP contribution in [0.25, 0.3) is 10.9 Å². The molecule has 31 heteroatoms. The Balaban J connectivity index is 0.000000235. The zero-order valence-corrected chi connectivity index (χ0v) is 87.8. The predicted molar refractivity (Wildman–Crippen MR) is 573 cm³/mol. The number of para-hydroxylation sites is 2. The number of benzene rings is 6. The van der Waals surface area contributed by atoms with Gasteiger partial charge in [-0.05, 0) is 187 Å². The highest BCUT2D eigenvalue weighted by molar-refractivity contribution is 6.31. The lowest BCUT2D eigenvalue weighted by Crippen LogP contribution is -2.61. The number of nitrogens with one attached hydrogen (secondary N) is 2. The maximum Gasteiger partial charge on any atom is 0.311 e. The number of aliphatic hydroxyl groups excluding tert-OH is 9. The Hall–Kier alpha value is -9.46. The number of ether oxygens (including phenoxy) is 6. The summed E-state index contributed by atoms with van der Waals surface area (Å²) in [6.45, 7) is 36.3. The molecule has 6 aromatic carbocycles. The number of allylic oxidation sites excluding steroid dienone is 12. The number of aromatic hydroxyl groups is 1. The van der Waals surface area contributed by atoms with Gasteiger partial charge in [0.1, 0.15) is 41.1 Å². The largest absolute Gasteiger partial charge is 0.508 e. The molecule has 145 heavy (non-hydrogen) atoms. The zero-order valence-electron chi connectivity index (χ0n) is 86.3. The molecular weight excluding hydrogens is 1890 g/mol.